The van der Waals surface area contributed by atoms with E-state index in [1.165, 1.54) is 0 Å². The van der Waals surface area contributed by atoms with Crippen molar-refractivity contribution in [2.24, 2.45) is 0 Å². The molecule has 4 rings (SSSR count). The van der Waals surface area contributed by atoms with Crippen molar-refractivity contribution in [2.75, 3.05) is 13.1 Å². The van der Waals surface area contributed by atoms with E-state index in [0.717, 1.165) is 41.8 Å². The van der Waals surface area contributed by atoms with Crippen molar-refractivity contribution in [3.63, 3.8) is 0 Å². The second kappa shape index (κ2) is 7.61. The molecule has 3 aromatic rings. The highest BCUT2D eigenvalue weighted by molar-refractivity contribution is 5.73. The van der Waals surface area contributed by atoms with Gasteiger partial charge < -0.3 is 4.90 Å². The molecule has 1 saturated heterocycles. The molecule has 1 aliphatic heterocycles. The van der Waals surface area contributed by atoms with E-state index in [1.54, 1.807) is 31.7 Å². The Hall–Kier alpha value is -3.15. The fourth-order valence-corrected chi connectivity index (χ4v) is 3.59. The summed E-state index contributed by atoms with van der Waals surface area (Å²) in [4.78, 5) is 31.5. The quantitative estimate of drug-likeness (QED) is 0.717. The van der Waals surface area contributed by atoms with Gasteiger partial charge in [0.1, 0.15) is 0 Å². The van der Waals surface area contributed by atoms with Gasteiger partial charge in [0.2, 0.25) is 5.91 Å². The van der Waals surface area contributed by atoms with Crippen LogP contribution in [0.1, 0.15) is 31.4 Å². The van der Waals surface area contributed by atoms with Crippen molar-refractivity contribution in [1.29, 1.82) is 0 Å². The lowest BCUT2D eigenvalue weighted by Gasteiger charge is -2.32. The maximum atomic E-state index is 11.9. The monoisotopic (exact) mass is 359 g/mol. The van der Waals surface area contributed by atoms with Crippen LogP contribution in [0.15, 0.2) is 55.2 Å². The number of pyridine rings is 2. The van der Waals surface area contributed by atoms with Crippen LogP contribution in [0.5, 0.6) is 0 Å². The maximum Gasteiger partial charge on any atom is 0.219 e. The molecule has 6 nitrogen and oxygen atoms in total. The minimum Gasteiger partial charge on any atom is -0.342 e. The van der Waals surface area contributed by atoms with E-state index in [9.17, 15) is 4.79 Å². The Labute approximate surface area is 158 Å². The van der Waals surface area contributed by atoms with Crippen LogP contribution in [0, 0.1) is 0 Å². The molecule has 4 heterocycles. The fourth-order valence-electron chi connectivity index (χ4n) is 3.59. The first-order valence-electron chi connectivity index (χ1n) is 9.15. The third-order valence-corrected chi connectivity index (χ3v) is 5.00. The lowest BCUT2D eigenvalue weighted by Crippen LogP contribution is -2.38. The number of rotatable bonds is 3. The van der Waals surface area contributed by atoms with Crippen molar-refractivity contribution in [3.8, 4) is 22.5 Å². The number of hydrogen-bond acceptors (Lipinski definition) is 5. The molecular weight excluding hydrogens is 338 g/mol. The van der Waals surface area contributed by atoms with Crippen molar-refractivity contribution in [3.05, 3.63) is 60.9 Å². The largest absolute Gasteiger partial charge is 0.342 e. The van der Waals surface area contributed by atoms with Gasteiger partial charge in [0.05, 0.1) is 5.69 Å². The first kappa shape index (κ1) is 17.3. The SMILES string of the molecule is CC(=O)N1CCCC(c2nc(-c3ccncc3)ncc2-c2ccncc2)C1. The number of carbonyl (C=O) groups excluding carboxylic acids is 1. The van der Waals surface area contributed by atoms with E-state index in [-0.39, 0.29) is 11.8 Å². The number of nitrogens with zero attached hydrogens (tertiary/aromatic N) is 5. The highest BCUT2D eigenvalue weighted by Gasteiger charge is 2.27. The zero-order valence-corrected chi connectivity index (χ0v) is 15.2. The summed E-state index contributed by atoms with van der Waals surface area (Å²) in [5.74, 6) is 0.994. The Morgan fingerprint density at radius 3 is 2.37 bits per heavy atom. The van der Waals surface area contributed by atoms with E-state index >= 15 is 0 Å². The molecular formula is C21H21N5O. The minimum atomic E-state index is 0.119. The Balaban J connectivity index is 1.79. The molecule has 136 valence electrons. The molecule has 1 aliphatic rings. The first-order valence-corrected chi connectivity index (χ1v) is 9.15. The van der Waals surface area contributed by atoms with Gasteiger partial charge in [-0.2, -0.15) is 0 Å². The van der Waals surface area contributed by atoms with Gasteiger partial charge in [0.25, 0.3) is 0 Å². The summed E-state index contributed by atoms with van der Waals surface area (Å²) in [5, 5.41) is 0. The molecule has 0 saturated carbocycles. The average Bonchev–Trinajstić information content (AvgIpc) is 2.74. The summed E-state index contributed by atoms with van der Waals surface area (Å²) in [6.45, 7) is 3.15. The van der Waals surface area contributed by atoms with E-state index in [2.05, 4.69) is 15.0 Å². The molecule has 3 aromatic heterocycles. The van der Waals surface area contributed by atoms with Gasteiger partial charge >= 0.3 is 0 Å². The van der Waals surface area contributed by atoms with Crippen LogP contribution in [0.4, 0.5) is 0 Å². The molecule has 6 heteroatoms. The van der Waals surface area contributed by atoms with Crippen LogP contribution in [0.2, 0.25) is 0 Å². The Morgan fingerprint density at radius 1 is 1.04 bits per heavy atom. The second-order valence-corrected chi connectivity index (χ2v) is 6.77. The zero-order chi connectivity index (χ0) is 18.6. The maximum absolute atomic E-state index is 11.9. The average molecular weight is 359 g/mol. The van der Waals surface area contributed by atoms with Crippen LogP contribution in [0.25, 0.3) is 22.5 Å². The summed E-state index contributed by atoms with van der Waals surface area (Å²) in [6.07, 6.45) is 10.9. The lowest BCUT2D eigenvalue weighted by atomic mass is 9.90. The van der Waals surface area contributed by atoms with Gasteiger partial charge in [0, 0.05) is 68.0 Å². The van der Waals surface area contributed by atoms with Crippen molar-refractivity contribution in [2.45, 2.75) is 25.7 Å². The summed E-state index contributed by atoms with van der Waals surface area (Å²) >= 11 is 0. The number of likely N-dealkylation sites (tertiary alicyclic amines) is 1. The Bertz CT molecular complexity index is 930. The van der Waals surface area contributed by atoms with Crippen LogP contribution < -0.4 is 0 Å². The van der Waals surface area contributed by atoms with E-state index in [0.29, 0.717) is 12.4 Å². The third-order valence-electron chi connectivity index (χ3n) is 5.00. The van der Waals surface area contributed by atoms with Gasteiger partial charge in [-0.15, -0.1) is 0 Å². The van der Waals surface area contributed by atoms with Crippen LogP contribution in [0.3, 0.4) is 0 Å². The fraction of sp³-hybridized carbons (Fsp3) is 0.286. The highest BCUT2D eigenvalue weighted by atomic mass is 16.2. The Kier molecular flexibility index (Phi) is 4.87. The summed E-state index contributed by atoms with van der Waals surface area (Å²) in [7, 11) is 0. The standard InChI is InChI=1S/C21H21N5O/c1-15(27)26-12-2-3-18(14-26)20-19(16-4-8-22-9-5-16)13-24-21(25-20)17-6-10-23-11-7-17/h4-11,13,18H,2-3,12,14H2,1H3. The predicted molar refractivity (Wildman–Crippen MR) is 103 cm³/mol. The van der Waals surface area contributed by atoms with E-state index < -0.39 is 0 Å². The van der Waals surface area contributed by atoms with Crippen LogP contribution in [-0.4, -0.2) is 43.8 Å². The summed E-state index contributed by atoms with van der Waals surface area (Å²) < 4.78 is 0. The molecule has 0 bridgehead atoms. The van der Waals surface area contributed by atoms with Gasteiger partial charge in [-0.25, -0.2) is 9.97 Å². The topological polar surface area (TPSA) is 71.9 Å². The number of hydrogen-bond donors (Lipinski definition) is 0. The molecule has 0 radical (unpaired) electrons. The normalized spacial score (nSPS) is 16.9. The first-order chi connectivity index (χ1) is 13.2. The molecule has 27 heavy (non-hydrogen) atoms. The molecule has 0 aliphatic carbocycles. The van der Waals surface area contributed by atoms with Crippen molar-refractivity contribution < 1.29 is 4.79 Å². The lowest BCUT2D eigenvalue weighted by molar-refractivity contribution is -0.130. The number of amides is 1. The predicted octanol–water partition coefficient (Wildman–Crippen LogP) is 3.33. The van der Waals surface area contributed by atoms with Crippen LogP contribution >= 0.6 is 0 Å². The number of piperidine rings is 1. The molecule has 1 atom stereocenters. The number of aromatic nitrogens is 4. The van der Waals surface area contributed by atoms with Gasteiger partial charge in [-0.1, -0.05) is 0 Å². The summed E-state index contributed by atoms with van der Waals surface area (Å²) in [5.41, 5.74) is 3.98. The molecule has 1 fully saturated rings. The molecule has 1 amide bonds. The molecule has 0 aromatic carbocycles. The number of carbonyl (C=O) groups is 1. The van der Waals surface area contributed by atoms with Crippen molar-refractivity contribution in [1.82, 2.24) is 24.8 Å². The van der Waals surface area contributed by atoms with Gasteiger partial charge in [-0.05, 0) is 42.7 Å². The smallest absolute Gasteiger partial charge is 0.219 e. The molecule has 0 N–H and O–H groups in total. The minimum absolute atomic E-state index is 0.119. The van der Waals surface area contributed by atoms with Crippen LogP contribution in [-0.2, 0) is 4.79 Å². The second-order valence-electron chi connectivity index (χ2n) is 6.77. The zero-order valence-electron chi connectivity index (χ0n) is 15.2. The third kappa shape index (κ3) is 3.69. The van der Waals surface area contributed by atoms with E-state index in [1.807, 2.05) is 35.4 Å². The van der Waals surface area contributed by atoms with Gasteiger partial charge in [-0.3, -0.25) is 14.8 Å². The van der Waals surface area contributed by atoms with E-state index in [4.69, 9.17) is 4.98 Å². The highest BCUT2D eigenvalue weighted by Crippen LogP contribution is 2.34. The Morgan fingerprint density at radius 2 is 1.70 bits per heavy atom. The van der Waals surface area contributed by atoms with Crippen molar-refractivity contribution >= 4 is 5.91 Å². The summed E-state index contributed by atoms with van der Waals surface area (Å²) in [6, 6.07) is 7.77. The van der Waals surface area contributed by atoms with Gasteiger partial charge in [0.15, 0.2) is 5.82 Å². The molecule has 0 spiro atoms. The molecule has 1 unspecified atom stereocenters.